The Morgan fingerprint density at radius 2 is 1.79 bits per heavy atom. The number of carbonyl (C=O) groups excluding carboxylic acids is 3. The molecule has 0 radical (unpaired) electrons. The summed E-state index contributed by atoms with van der Waals surface area (Å²) >= 11 is 0. The van der Waals surface area contributed by atoms with E-state index in [4.69, 9.17) is 0 Å². The summed E-state index contributed by atoms with van der Waals surface area (Å²) < 4.78 is 0. The molecule has 2 aromatic carbocycles. The fourth-order valence-corrected chi connectivity index (χ4v) is 3.50. The van der Waals surface area contributed by atoms with Gasteiger partial charge in [-0.25, -0.2) is 0 Å². The number of rotatable bonds is 5. The fraction of sp³-hybridized carbons (Fsp3) is 0.318. The Bertz CT molecular complexity index is 894. The second-order valence-electron chi connectivity index (χ2n) is 6.99. The number of nitrogens with zero attached hydrogens (tertiary/aromatic N) is 2. The van der Waals surface area contributed by atoms with Gasteiger partial charge in [0.2, 0.25) is 17.7 Å². The first-order valence-electron chi connectivity index (χ1n) is 9.44. The summed E-state index contributed by atoms with van der Waals surface area (Å²) in [5, 5.41) is 2.71. The van der Waals surface area contributed by atoms with Crippen molar-refractivity contribution in [1.82, 2.24) is 4.90 Å². The van der Waals surface area contributed by atoms with Gasteiger partial charge in [-0.1, -0.05) is 30.3 Å². The van der Waals surface area contributed by atoms with Gasteiger partial charge in [0.1, 0.15) is 0 Å². The van der Waals surface area contributed by atoms with Crippen molar-refractivity contribution >= 4 is 29.1 Å². The third-order valence-electron chi connectivity index (χ3n) is 4.89. The van der Waals surface area contributed by atoms with E-state index in [1.54, 1.807) is 29.2 Å². The van der Waals surface area contributed by atoms with E-state index < -0.39 is 0 Å². The summed E-state index contributed by atoms with van der Waals surface area (Å²) in [6.45, 7) is 4.54. The molecule has 0 fully saturated rings. The van der Waals surface area contributed by atoms with Crippen LogP contribution in [0.2, 0.25) is 0 Å². The lowest BCUT2D eigenvalue weighted by Crippen LogP contribution is -2.39. The molecule has 1 aliphatic heterocycles. The van der Waals surface area contributed by atoms with Crippen molar-refractivity contribution in [2.45, 2.75) is 33.2 Å². The van der Waals surface area contributed by atoms with E-state index in [1.807, 2.05) is 17.0 Å². The van der Waals surface area contributed by atoms with Crippen LogP contribution in [0, 0.1) is 0 Å². The number of carbonyl (C=O) groups is 3. The van der Waals surface area contributed by atoms with Crippen LogP contribution in [-0.2, 0) is 27.3 Å². The molecule has 0 unspecified atom stereocenters. The Balaban J connectivity index is 1.65. The normalized spacial score (nSPS) is 12.9. The van der Waals surface area contributed by atoms with Crippen LogP contribution in [-0.4, -0.2) is 35.7 Å². The van der Waals surface area contributed by atoms with Gasteiger partial charge in [0, 0.05) is 51.3 Å². The first kappa shape index (κ1) is 19.6. The van der Waals surface area contributed by atoms with Crippen LogP contribution < -0.4 is 10.2 Å². The standard InChI is InChI=1S/C22H25N3O3/c1-16(26)23-20-8-5-9-21(14-20)25(17(2)27)13-11-22(28)24-12-10-18-6-3-4-7-19(18)15-24/h3-9,14H,10-13,15H2,1-2H3,(H,23,26). The molecule has 3 amide bonds. The van der Waals surface area contributed by atoms with Crippen LogP contribution in [0.25, 0.3) is 0 Å². The molecule has 0 aliphatic carbocycles. The summed E-state index contributed by atoms with van der Waals surface area (Å²) in [5.74, 6) is -0.275. The van der Waals surface area contributed by atoms with Crippen molar-refractivity contribution in [2.24, 2.45) is 0 Å². The largest absolute Gasteiger partial charge is 0.338 e. The zero-order valence-electron chi connectivity index (χ0n) is 16.3. The topological polar surface area (TPSA) is 69.7 Å². The molecule has 2 aromatic rings. The van der Waals surface area contributed by atoms with Crippen LogP contribution in [0.3, 0.4) is 0 Å². The molecule has 1 aliphatic rings. The van der Waals surface area contributed by atoms with Gasteiger partial charge in [-0.3, -0.25) is 14.4 Å². The molecule has 0 saturated carbocycles. The van der Waals surface area contributed by atoms with Crippen LogP contribution in [0.15, 0.2) is 48.5 Å². The number of amides is 3. The quantitative estimate of drug-likeness (QED) is 0.868. The molecule has 0 atom stereocenters. The predicted octanol–water partition coefficient (Wildman–Crippen LogP) is 2.97. The lowest BCUT2D eigenvalue weighted by atomic mass is 10.00. The van der Waals surface area contributed by atoms with Crippen LogP contribution in [0.4, 0.5) is 11.4 Å². The highest BCUT2D eigenvalue weighted by Gasteiger charge is 2.22. The Kier molecular flexibility index (Phi) is 6.09. The smallest absolute Gasteiger partial charge is 0.224 e. The molecule has 6 nitrogen and oxygen atoms in total. The number of anilines is 2. The van der Waals surface area contributed by atoms with Crippen LogP contribution >= 0.6 is 0 Å². The maximum atomic E-state index is 12.7. The highest BCUT2D eigenvalue weighted by molar-refractivity contribution is 5.94. The van der Waals surface area contributed by atoms with Crippen LogP contribution in [0.5, 0.6) is 0 Å². The monoisotopic (exact) mass is 379 g/mol. The van der Waals surface area contributed by atoms with E-state index >= 15 is 0 Å². The maximum Gasteiger partial charge on any atom is 0.224 e. The molecule has 28 heavy (non-hydrogen) atoms. The van der Waals surface area contributed by atoms with E-state index in [-0.39, 0.29) is 24.1 Å². The second-order valence-corrected chi connectivity index (χ2v) is 6.99. The van der Waals surface area contributed by atoms with Gasteiger partial charge < -0.3 is 15.1 Å². The van der Waals surface area contributed by atoms with E-state index in [1.165, 1.54) is 25.0 Å². The van der Waals surface area contributed by atoms with E-state index in [0.29, 0.717) is 31.0 Å². The Labute approximate surface area is 165 Å². The third kappa shape index (κ3) is 4.76. The van der Waals surface area contributed by atoms with Gasteiger partial charge in [-0.05, 0) is 35.7 Å². The number of benzene rings is 2. The van der Waals surface area contributed by atoms with Gasteiger partial charge in [-0.15, -0.1) is 0 Å². The SMILES string of the molecule is CC(=O)Nc1cccc(N(CCC(=O)N2CCc3ccccc3C2)C(C)=O)c1. The third-order valence-corrected chi connectivity index (χ3v) is 4.89. The Morgan fingerprint density at radius 1 is 1.04 bits per heavy atom. The lowest BCUT2D eigenvalue weighted by molar-refractivity contribution is -0.132. The van der Waals surface area contributed by atoms with Gasteiger partial charge in [0.25, 0.3) is 0 Å². The van der Waals surface area contributed by atoms with Gasteiger partial charge in [0.05, 0.1) is 0 Å². The summed E-state index contributed by atoms with van der Waals surface area (Å²) in [6.07, 6.45) is 1.11. The van der Waals surface area contributed by atoms with Crippen molar-refractivity contribution in [2.75, 3.05) is 23.3 Å². The molecule has 3 rings (SSSR count). The zero-order valence-corrected chi connectivity index (χ0v) is 16.3. The lowest BCUT2D eigenvalue weighted by Gasteiger charge is -2.30. The number of hydrogen-bond donors (Lipinski definition) is 1. The first-order valence-corrected chi connectivity index (χ1v) is 9.44. The highest BCUT2D eigenvalue weighted by Crippen LogP contribution is 2.22. The van der Waals surface area contributed by atoms with Crippen molar-refractivity contribution in [1.29, 1.82) is 0 Å². The van der Waals surface area contributed by atoms with Gasteiger partial charge >= 0.3 is 0 Å². The summed E-state index contributed by atoms with van der Waals surface area (Å²) in [6, 6.07) is 15.3. The van der Waals surface area contributed by atoms with Crippen molar-refractivity contribution in [3.63, 3.8) is 0 Å². The molecule has 146 valence electrons. The van der Waals surface area contributed by atoms with E-state index in [0.717, 1.165) is 6.42 Å². The van der Waals surface area contributed by atoms with Crippen molar-refractivity contribution in [3.8, 4) is 0 Å². The molecular weight excluding hydrogens is 354 g/mol. The molecule has 0 spiro atoms. The fourth-order valence-electron chi connectivity index (χ4n) is 3.50. The second kappa shape index (κ2) is 8.69. The number of fused-ring (bicyclic) bond motifs is 1. The van der Waals surface area contributed by atoms with E-state index in [9.17, 15) is 14.4 Å². The molecule has 6 heteroatoms. The molecule has 0 aromatic heterocycles. The zero-order chi connectivity index (χ0) is 20.1. The van der Waals surface area contributed by atoms with Gasteiger partial charge in [0.15, 0.2) is 0 Å². The highest BCUT2D eigenvalue weighted by atomic mass is 16.2. The van der Waals surface area contributed by atoms with Gasteiger partial charge in [-0.2, -0.15) is 0 Å². The van der Waals surface area contributed by atoms with E-state index in [2.05, 4.69) is 17.4 Å². The molecule has 1 N–H and O–H groups in total. The summed E-state index contributed by atoms with van der Waals surface area (Å²) in [4.78, 5) is 39.5. The minimum absolute atomic E-state index is 0.0405. The van der Waals surface area contributed by atoms with Crippen molar-refractivity contribution in [3.05, 3.63) is 59.7 Å². The maximum absolute atomic E-state index is 12.7. The minimum Gasteiger partial charge on any atom is -0.338 e. The molecule has 1 heterocycles. The Morgan fingerprint density at radius 3 is 2.50 bits per heavy atom. The predicted molar refractivity (Wildman–Crippen MR) is 109 cm³/mol. The molecule has 0 bridgehead atoms. The van der Waals surface area contributed by atoms with Crippen molar-refractivity contribution < 1.29 is 14.4 Å². The summed E-state index contributed by atoms with van der Waals surface area (Å²) in [7, 11) is 0. The van der Waals surface area contributed by atoms with Crippen LogP contribution in [0.1, 0.15) is 31.4 Å². The minimum atomic E-state index is -0.174. The molecular formula is C22H25N3O3. The Hall–Kier alpha value is -3.15. The number of nitrogens with one attached hydrogen (secondary N) is 1. The average molecular weight is 379 g/mol. The first-order chi connectivity index (χ1) is 13.4. The average Bonchev–Trinajstić information content (AvgIpc) is 2.67. The summed E-state index contributed by atoms with van der Waals surface area (Å²) in [5.41, 5.74) is 3.77. The molecule has 0 saturated heterocycles. The number of hydrogen-bond acceptors (Lipinski definition) is 3.